The number of hydrogen-bond acceptors (Lipinski definition) is 5. The van der Waals surface area contributed by atoms with Crippen LogP contribution in [0.15, 0.2) is 121 Å². The van der Waals surface area contributed by atoms with Crippen LogP contribution in [0.1, 0.15) is 5.82 Å². The third-order valence-electron chi connectivity index (χ3n) is 5.23. The monoisotopic (exact) mass is 493 g/mol. The van der Waals surface area contributed by atoms with Gasteiger partial charge in [-0.2, -0.15) is 15.0 Å². The Morgan fingerprint density at radius 1 is 0.429 bits per heavy atom. The third-order valence-corrected chi connectivity index (χ3v) is 9.33. The fourth-order valence-corrected chi connectivity index (χ4v) is 7.24. The number of aromatic nitrogens is 3. The van der Waals surface area contributed by atoms with Crippen LogP contribution < -0.4 is 31.4 Å². The van der Waals surface area contributed by atoms with E-state index in [4.69, 9.17) is 4.98 Å². The van der Waals surface area contributed by atoms with Crippen molar-refractivity contribution in [3.8, 4) is 0 Å². The van der Waals surface area contributed by atoms with Gasteiger partial charge < -0.3 is 10.2 Å². The molecule has 172 valence electrons. The summed E-state index contributed by atoms with van der Waals surface area (Å²) in [5.74, 6) is 1.79. The highest BCUT2D eigenvalue weighted by atomic mass is 31.1. The van der Waals surface area contributed by atoms with Gasteiger partial charge in [-0.3, -0.25) is 0 Å². The first-order chi connectivity index (χ1) is 17.3. The highest BCUT2D eigenvalue weighted by molar-refractivity contribution is 7.74. The normalized spacial score (nSPS) is 10.9. The maximum atomic E-state index is 4.80. The van der Waals surface area contributed by atoms with E-state index in [-0.39, 0.29) is 0 Å². The summed E-state index contributed by atoms with van der Waals surface area (Å²) in [5.41, 5.74) is 0. The molecule has 2 N–H and O–H groups in total. The lowest BCUT2D eigenvalue weighted by atomic mass is 10.4. The molecule has 4 aromatic carbocycles. The van der Waals surface area contributed by atoms with E-state index in [1.807, 2.05) is 31.2 Å². The van der Waals surface area contributed by atoms with Crippen LogP contribution in [0, 0.1) is 6.92 Å². The highest BCUT2D eigenvalue weighted by Gasteiger charge is 2.19. The lowest BCUT2D eigenvalue weighted by Gasteiger charge is -2.22. The third kappa shape index (κ3) is 5.89. The fraction of sp³-hybridized carbons (Fsp3) is 0.0357. The smallest absolute Gasteiger partial charge is 0.231 e. The first kappa shape index (κ1) is 23.1. The van der Waals surface area contributed by atoms with Crippen LogP contribution in [0.5, 0.6) is 0 Å². The maximum absolute atomic E-state index is 4.80. The molecule has 5 rings (SSSR count). The Morgan fingerprint density at radius 3 is 1.00 bits per heavy atom. The molecule has 7 heteroatoms. The summed E-state index contributed by atoms with van der Waals surface area (Å²) in [5, 5.41) is 12.1. The minimum absolute atomic E-state index is 0.565. The van der Waals surface area contributed by atoms with Gasteiger partial charge in [-0.25, -0.2) is 0 Å². The summed E-state index contributed by atoms with van der Waals surface area (Å²) in [4.78, 5) is 14.1. The van der Waals surface area contributed by atoms with Gasteiger partial charge in [0.2, 0.25) is 11.9 Å². The number of benzene rings is 4. The largest absolute Gasteiger partial charge is 0.325 e. The zero-order valence-electron chi connectivity index (χ0n) is 19.3. The van der Waals surface area contributed by atoms with E-state index < -0.39 is 16.1 Å². The van der Waals surface area contributed by atoms with Gasteiger partial charge in [-0.15, -0.1) is 0 Å². The van der Waals surface area contributed by atoms with E-state index in [1.54, 1.807) is 0 Å². The van der Waals surface area contributed by atoms with Crippen molar-refractivity contribution < 1.29 is 0 Å². The molecule has 0 aliphatic heterocycles. The summed E-state index contributed by atoms with van der Waals surface area (Å²) in [7, 11) is -1.77. The van der Waals surface area contributed by atoms with Gasteiger partial charge in [0.05, 0.1) is 16.1 Å². The van der Waals surface area contributed by atoms with Gasteiger partial charge >= 0.3 is 0 Å². The topological polar surface area (TPSA) is 62.7 Å². The molecule has 35 heavy (non-hydrogen) atoms. The number of anilines is 2. The Bertz CT molecular complexity index is 1170. The van der Waals surface area contributed by atoms with Crippen molar-refractivity contribution >= 4 is 49.3 Å². The standard InChI is InChI=1S/C28H25N5P2/c1-22-29-27(32-34(23-14-6-2-7-15-23)24-16-8-3-9-17-24)31-28(30-22)33-35(25-18-10-4-11-19-25)26-20-12-5-13-21-26/h2-21H,1H3,(H2,29,30,31,32,33). The molecule has 0 amide bonds. The SMILES string of the molecule is Cc1nc(NP(c2ccccc2)c2ccccc2)nc(NP(c2ccccc2)c2ccccc2)n1. The Kier molecular flexibility index (Phi) is 7.38. The van der Waals surface area contributed by atoms with Gasteiger partial charge in [0.25, 0.3) is 0 Å². The Morgan fingerprint density at radius 2 is 0.714 bits per heavy atom. The zero-order valence-corrected chi connectivity index (χ0v) is 21.1. The van der Waals surface area contributed by atoms with Gasteiger partial charge in [-0.05, 0) is 6.92 Å². The van der Waals surface area contributed by atoms with Crippen molar-refractivity contribution in [2.24, 2.45) is 0 Å². The molecule has 0 atom stereocenters. The number of nitrogens with one attached hydrogen (secondary N) is 2. The van der Waals surface area contributed by atoms with Crippen molar-refractivity contribution in [2.75, 3.05) is 10.2 Å². The molecule has 0 aliphatic carbocycles. The average Bonchev–Trinajstić information content (AvgIpc) is 2.92. The molecule has 0 saturated carbocycles. The van der Waals surface area contributed by atoms with Crippen LogP contribution in [0.2, 0.25) is 0 Å². The summed E-state index contributed by atoms with van der Waals surface area (Å²) in [6, 6.07) is 41.8. The molecule has 0 spiro atoms. The Labute approximate surface area is 208 Å². The molecule has 1 heterocycles. The van der Waals surface area contributed by atoms with E-state index >= 15 is 0 Å². The average molecular weight is 493 g/mol. The molecule has 0 unspecified atom stereocenters. The molecule has 1 aromatic heterocycles. The van der Waals surface area contributed by atoms with E-state index in [2.05, 4.69) is 117 Å². The highest BCUT2D eigenvalue weighted by Crippen LogP contribution is 2.36. The molecular weight excluding hydrogens is 468 g/mol. The number of aryl methyl sites for hydroxylation is 1. The number of nitrogens with zero attached hydrogens (tertiary/aromatic N) is 3. The molecule has 5 nitrogen and oxygen atoms in total. The number of hydrogen-bond donors (Lipinski definition) is 2. The van der Waals surface area contributed by atoms with E-state index in [0.29, 0.717) is 17.7 Å². The van der Waals surface area contributed by atoms with Crippen LogP contribution in [-0.2, 0) is 0 Å². The Balaban J connectivity index is 1.48. The Hall–Kier alpha value is -3.65. The summed E-state index contributed by atoms with van der Waals surface area (Å²) in [6.07, 6.45) is 0. The first-order valence-electron chi connectivity index (χ1n) is 11.3. The molecule has 5 aromatic rings. The van der Waals surface area contributed by atoms with Crippen molar-refractivity contribution in [1.29, 1.82) is 0 Å². The second kappa shape index (κ2) is 11.2. The van der Waals surface area contributed by atoms with Crippen molar-refractivity contribution in [2.45, 2.75) is 6.92 Å². The molecule has 0 radical (unpaired) electrons. The minimum atomic E-state index is -0.885. The summed E-state index contributed by atoms with van der Waals surface area (Å²) < 4.78 is 0. The molecule has 0 fully saturated rings. The lowest BCUT2D eigenvalue weighted by molar-refractivity contribution is 1.00. The van der Waals surface area contributed by atoms with Crippen LogP contribution in [0.25, 0.3) is 0 Å². The zero-order chi connectivity index (χ0) is 23.9. The van der Waals surface area contributed by atoms with E-state index in [1.165, 1.54) is 21.2 Å². The second-order valence-corrected chi connectivity index (χ2v) is 11.6. The van der Waals surface area contributed by atoms with Gasteiger partial charge in [0, 0.05) is 21.2 Å². The van der Waals surface area contributed by atoms with Gasteiger partial charge in [0.15, 0.2) is 0 Å². The quantitative estimate of drug-likeness (QED) is 0.295. The minimum Gasteiger partial charge on any atom is -0.325 e. The maximum Gasteiger partial charge on any atom is 0.231 e. The van der Waals surface area contributed by atoms with Crippen LogP contribution in [0.3, 0.4) is 0 Å². The van der Waals surface area contributed by atoms with Crippen LogP contribution in [-0.4, -0.2) is 15.0 Å². The van der Waals surface area contributed by atoms with Crippen molar-refractivity contribution in [3.63, 3.8) is 0 Å². The lowest BCUT2D eigenvalue weighted by Crippen LogP contribution is -2.20. The summed E-state index contributed by atoms with van der Waals surface area (Å²) in [6.45, 7) is 1.90. The molecule has 0 aliphatic rings. The molecule has 0 saturated heterocycles. The van der Waals surface area contributed by atoms with E-state index in [9.17, 15) is 0 Å². The predicted molar refractivity (Wildman–Crippen MR) is 150 cm³/mol. The van der Waals surface area contributed by atoms with E-state index in [0.717, 1.165) is 0 Å². The van der Waals surface area contributed by atoms with Crippen molar-refractivity contribution in [1.82, 2.24) is 15.0 Å². The van der Waals surface area contributed by atoms with Gasteiger partial charge in [-0.1, -0.05) is 121 Å². The predicted octanol–water partition coefficient (Wildman–Crippen LogP) is 5.10. The first-order valence-corrected chi connectivity index (χ1v) is 14.0. The summed E-state index contributed by atoms with van der Waals surface area (Å²) >= 11 is 0. The van der Waals surface area contributed by atoms with Crippen LogP contribution in [0.4, 0.5) is 11.9 Å². The van der Waals surface area contributed by atoms with Gasteiger partial charge in [0.1, 0.15) is 5.82 Å². The molecule has 0 bridgehead atoms. The fourth-order valence-electron chi connectivity index (χ4n) is 3.65. The van der Waals surface area contributed by atoms with Crippen molar-refractivity contribution in [3.05, 3.63) is 127 Å². The second-order valence-electron chi connectivity index (χ2n) is 7.77. The van der Waals surface area contributed by atoms with Crippen LogP contribution >= 0.6 is 16.1 Å². The molecular formula is C28H25N5P2. The number of rotatable bonds is 8.